The monoisotopic (exact) mass is 341 g/mol. The van der Waals surface area contributed by atoms with Crippen molar-refractivity contribution in [2.75, 3.05) is 31.1 Å². The molecular formula is C21H31N3O. The van der Waals surface area contributed by atoms with E-state index in [1.807, 2.05) is 6.07 Å². The molecule has 0 radical (unpaired) electrons. The number of carbonyl (C=O) groups excluding carboxylic acids is 1. The van der Waals surface area contributed by atoms with Crippen LogP contribution in [0.1, 0.15) is 51.4 Å². The van der Waals surface area contributed by atoms with Gasteiger partial charge in [-0.05, 0) is 30.9 Å². The lowest BCUT2D eigenvalue weighted by Gasteiger charge is -2.45. The van der Waals surface area contributed by atoms with Crippen molar-refractivity contribution >= 4 is 11.6 Å². The number of piperidine rings is 1. The first-order chi connectivity index (χ1) is 12.3. The minimum absolute atomic E-state index is 0.168. The van der Waals surface area contributed by atoms with Gasteiger partial charge in [0.2, 0.25) is 5.91 Å². The van der Waals surface area contributed by atoms with Crippen LogP contribution in [0.3, 0.4) is 0 Å². The topological polar surface area (TPSA) is 35.6 Å². The number of hydrogen-bond donors (Lipinski definition) is 1. The molecule has 4 nitrogen and oxygen atoms in total. The number of benzene rings is 1. The van der Waals surface area contributed by atoms with E-state index >= 15 is 0 Å². The van der Waals surface area contributed by atoms with Gasteiger partial charge in [-0.15, -0.1) is 0 Å². The number of likely N-dealkylation sites (tertiary alicyclic amines) is 1. The average molecular weight is 341 g/mol. The minimum Gasteiger partial charge on any atom is -0.339 e. The Morgan fingerprint density at radius 1 is 1.00 bits per heavy atom. The number of carbonyl (C=O) groups is 1. The summed E-state index contributed by atoms with van der Waals surface area (Å²) in [4.78, 5) is 17.1. The second-order valence-corrected chi connectivity index (χ2v) is 8.16. The van der Waals surface area contributed by atoms with E-state index < -0.39 is 0 Å². The maximum absolute atomic E-state index is 12.2. The molecule has 0 aromatic heterocycles. The number of anilines is 1. The Morgan fingerprint density at radius 3 is 2.36 bits per heavy atom. The highest BCUT2D eigenvalue weighted by molar-refractivity contribution is 5.86. The zero-order chi connectivity index (χ0) is 17.1. The second kappa shape index (κ2) is 7.36. The Labute approximate surface area is 151 Å². The van der Waals surface area contributed by atoms with Crippen LogP contribution >= 0.6 is 0 Å². The number of nitrogens with one attached hydrogen (secondary N) is 1. The summed E-state index contributed by atoms with van der Waals surface area (Å²) in [5.41, 5.74) is 0.997. The molecule has 2 heterocycles. The van der Waals surface area contributed by atoms with E-state index in [-0.39, 0.29) is 11.6 Å². The van der Waals surface area contributed by atoms with Gasteiger partial charge in [-0.3, -0.25) is 4.79 Å². The maximum atomic E-state index is 12.2. The third-order valence-corrected chi connectivity index (χ3v) is 6.43. The summed E-state index contributed by atoms with van der Waals surface area (Å²) in [5.74, 6) is 1.06. The Balaban J connectivity index is 1.40. The first-order valence-corrected chi connectivity index (χ1v) is 10.1. The summed E-state index contributed by atoms with van der Waals surface area (Å²) < 4.78 is 0. The highest BCUT2D eigenvalue weighted by atomic mass is 16.2. The van der Waals surface area contributed by atoms with Gasteiger partial charge in [-0.25, -0.2) is 0 Å². The van der Waals surface area contributed by atoms with E-state index in [2.05, 4.69) is 39.4 Å². The summed E-state index contributed by atoms with van der Waals surface area (Å²) in [6, 6.07) is 10.4. The Morgan fingerprint density at radius 2 is 1.68 bits per heavy atom. The normalized spacial score (nSPS) is 25.1. The van der Waals surface area contributed by atoms with E-state index in [1.165, 1.54) is 45.1 Å². The zero-order valence-corrected chi connectivity index (χ0v) is 15.3. The van der Waals surface area contributed by atoms with Crippen LogP contribution in [0.4, 0.5) is 5.69 Å². The van der Waals surface area contributed by atoms with Gasteiger partial charge in [0, 0.05) is 38.2 Å². The lowest BCUT2D eigenvalue weighted by molar-refractivity contribution is -0.119. The van der Waals surface area contributed by atoms with Crippen molar-refractivity contribution in [1.82, 2.24) is 10.2 Å². The van der Waals surface area contributed by atoms with E-state index in [0.29, 0.717) is 6.54 Å². The molecule has 3 aliphatic rings. The molecule has 0 bridgehead atoms. The molecule has 2 saturated heterocycles. The van der Waals surface area contributed by atoms with Crippen LogP contribution in [0.15, 0.2) is 30.3 Å². The van der Waals surface area contributed by atoms with E-state index in [0.717, 1.165) is 37.5 Å². The molecule has 1 aromatic carbocycles. The highest BCUT2D eigenvalue weighted by Gasteiger charge is 2.46. The van der Waals surface area contributed by atoms with Crippen molar-refractivity contribution in [2.24, 2.45) is 5.92 Å². The van der Waals surface area contributed by atoms with Crippen molar-refractivity contribution in [3.05, 3.63) is 30.3 Å². The van der Waals surface area contributed by atoms with E-state index in [4.69, 9.17) is 0 Å². The lowest BCUT2D eigenvalue weighted by Crippen LogP contribution is -2.59. The van der Waals surface area contributed by atoms with Crippen LogP contribution < -0.4 is 10.2 Å². The number of para-hydroxylation sites is 1. The van der Waals surface area contributed by atoms with Crippen LogP contribution in [0, 0.1) is 5.92 Å². The van der Waals surface area contributed by atoms with Crippen molar-refractivity contribution in [2.45, 2.75) is 57.0 Å². The standard InChI is InChI=1S/C21H31N3O/c25-20-17-24(19-10-6-3-7-11-19)21(22-20)12-14-23(15-13-21)16-18-8-4-1-2-5-9-18/h3,6-7,10-11,18H,1-2,4-5,8-9,12-17H2,(H,22,25). The zero-order valence-electron chi connectivity index (χ0n) is 15.3. The van der Waals surface area contributed by atoms with Crippen molar-refractivity contribution in [3.63, 3.8) is 0 Å². The van der Waals surface area contributed by atoms with Crippen molar-refractivity contribution in [1.29, 1.82) is 0 Å². The highest BCUT2D eigenvalue weighted by Crippen LogP contribution is 2.35. The fourth-order valence-electron chi connectivity index (χ4n) is 5.02. The van der Waals surface area contributed by atoms with Gasteiger partial charge in [-0.1, -0.05) is 43.9 Å². The summed E-state index contributed by atoms with van der Waals surface area (Å²) in [6.07, 6.45) is 10.6. The van der Waals surface area contributed by atoms with Crippen LogP contribution in [-0.2, 0) is 4.79 Å². The molecule has 1 N–H and O–H groups in total. The predicted molar refractivity (Wildman–Crippen MR) is 102 cm³/mol. The number of amides is 1. The summed E-state index contributed by atoms with van der Waals surface area (Å²) in [7, 11) is 0. The van der Waals surface area contributed by atoms with Crippen molar-refractivity contribution in [3.8, 4) is 0 Å². The van der Waals surface area contributed by atoms with E-state index in [1.54, 1.807) is 0 Å². The molecule has 136 valence electrons. The molecule has 4 rings (SSSR count). The molecule has 25 heavy (non-hydrogen) atoms. The van der Waals surface area contributed by atoms with Gasteiger partial charge in [0.25, 0.3) is 0 Å². The van der Waals surface area contributed by atoms with Crippen LogP contribution in [0.25, 0.3) is 0 Å². The predicted octanol–water partition coefficient (Wildman–Crippen LogP) is 3.39. The summed E-state index contributed by atoms with van der Waals surface area (Å²) in [6.45, 7) is 3.95. The van der Waals surface area contributed by atoms with E-state index in [9.17, 15) is 4.79 Å². The van der Waals surface area contributed by atoms with Gasteiger partial charge in [0.15, 0.2) is 0 Å². The molecule has 1 amide bonds. The number of rotatable bonds is 3. The molecule has 1 saturated carbocycles. The number of hydrogen-bond acceptors (Lipinski definition) is 3. The molecular weight excluding hydrogens is 310 g/mol. The molecule has 0 unspecified atom stereocenters. The Bertz CT molecular complexity index is 572. The Kier molecular flexibility index (Phi) is 4.98. The van der Waals surface area contributed by atoms with Gasteiger partial charge in [-0.2, -0.15) is 0 Å². The summed E-state index contributed by atoms with van der Waals surface area (Å²) in [5, 5.41) is 3.31. The SMILES string of the molecule is O=C1CN(c2ccccc2)C2(CCN(CC3CCCCCC3)CC2)N1. The summed E-state index contributed by atoms with van der Waals surface area (Å²) >= 11 is 0. The maximum Gasteiger partial charge on any atom is 0.241 e. The molecule has 1 aliphatic carbocycles. The van der Waals surface area contributed by atoms with Crippen LogP contribution in [-0.4, -0.2) is 42.6 Å². The van der Waals surface area contributed by atoms with Gasteiger partial charge < -0.3 is 15.1 Å². The smallest absolute Gasteiger partial charge is 0.241 e. The first-order valence-electron chi connectivity index (χ1n) is 10.1. The molecule has 1 spiro atoms. The van der Waals surface area contributed by atoms with Gasteiger partial charge in [0.1, 0.15) is 5.66 Å². The minimum atomic E-state index is -0.168. The third kappa shape index (κ3) is 3.69. The van der Waals surface area contributed by atoms with Gasteiger partial charge in [0.05, 0.1) is 6.54 Å². The molecule has 0 atom stereocenters. The second-order valence-electron chi connectivity index (χ2n) is 8.16. The third-order valence-electron chi connectivity index (χ3n) is 6.43. The average Bonchev–Trinajstić information content (AvgIpc) is 2.80. The molecule has 2 aliphatic heterocycles. The van der Waals surface area contributed by atoms with Crippen LogP contribution in [0.5, 0.6) is 0 Å². The lowest BCUT2D eigenvalue weighted by atomic mass is 9.93. The molecule has 3 fully saturated rings. The largest absolute Gasteiger partial charge is 0.339 e. The number of nitrogens with zero attached hydrogens (tertiary/aromatic N) is 2. The first kappa shape index (κ1) is 16.9. The van der Waals surface area contributed by atoms with Crippen LogP contribution in [0.2, 0.25) is 0 Å². The Hall–Kier alpha value is -1.55. The van der Waals surface area contributed by atoms with Crippen molar-refractivity contribution < 1.29 is 4.79 Å². The quantitative estimate of drug-likeness (QED) is 0.856. The van der Waals surface area contributed by atoms with Gasteiger partial charge >= 0.3 is 0 Å². The molecule has 4 heteroatoms. The molecule has 1 aromatic rings. The fourth-order valence-corrected chi connectivity index (χ4v) is 5.02. The fraction of sp³-hybridized carbons (Fsp3) is 0.667.